The van der Waals surface area contributed by atoms with E-state index in [1.807, 2.05) is 0 Å². The van der Waals surface area contributed by atoms with Crippen LogP contribution in [0.25, 0.3) is 10.9 Å². The maximum atomic E-state index is 13.9. The zero-order valence-corrected chi connectivity index (χ0v) is 14.8. The van der Waals surface area contributed by atoms with Gasteiger partial charge in [-0.1, -0.05) is 18.5 Å². The molecule has 0 spiro atoms. The highest BCUT2D eigenvalue weighted by molar-refractivity contribution is 7.99. The largest absolute Gasteiger partial charge is 0.287 e. The molecule has 3 aromatic rings. The van der Waals surface area contributed by atoms with E-state index < -0.39 is 34.0 Å². The van der Waals surface area contributed by atoms with Crippen molar-refractivity contribution >= 4 is 34.3 Å². The Morgan fingerprint density at radius 1 is 1.12 bits per heavy atom. The van der Waals surface area contributed by atoms with Gasteiger partial charge in [0.15, 0.2) is 16.8 Å². The van der Waals surface area contributed by atoms with Gasteiger partial charge < -0.3 is 0 Å². The van der Waals surface area contributed by atoms with Gasteiger partial charge in [0.2, 0.25) is 0 Å². The Morgan fingerprint density at radius 2 is 1.77 bits per heavy atom. The molecule has 0 bridgehead atoms. The minimum absolute atomic E-state index is 0.116. The van der Waals surface area contributed by atoms with E-state index in [4.69, 9.17) is 11.6 Å². The molecule has 0 fully saturated rings. The predicted octanol–water partition coefficient (Wildman–Crippen LogP) is 4.56. The molecule has 0 radical (unpaired) electrons. The lowest BCUT2D eigenvalue weighted by Crippen LogP contribution is -2.23. The number of nitrogens with zero attached hydrogens (tertiary/aromatic N) is 3. The molecule has 3 rings (SSSR count). The molecule has 1 aromatic carbocycles. The normalized spacial score (nSPS) is 11.3. The smallest absolute Gasteiger partial charge is 0.262 e. The number of fused-ring (bicyclic) bond motifs is 1. The fraction of sp³-hybridized carbons (Fsp3) is 0.188. The minimum Gasteiger partial charge on any atom is -0.287 e. The number of benzene rings is 1. The first-order valence-electron chi connectivity index (χ1n) is 7.41. The van der Waals surface area contributed by atoms with Crippen molar-refractivity contribution in [3.8, 4) is 0 Å². The van der Waals surface area contributed by atoms with E-state index >= 15 is 0 Å². The number of hydrogen-bond acceptors (Lipinski definition) is 4. The zero-order valence-electron chi connectivity index (χ0n) is 13.2. The van der Waals surface area contributed by atoms with Crippen LogP contribution in [0.3, 0.4) is 0 Å². The summed E-state index contributed by atoms with van der Waals surface area (Å²) in [4.78, 5) is 18.4. The second-order valence-electron chi connectivity index (χ2n) is 5.27. The molecule has 4 nitrogen and oxygen atoms in total. The van der Waals surface area contributed by atoms with Gasteiger partial charge in [-0.05, 0) is 36.4 Å². The van der Waals surface area contributed by atoms with Crippen molar-refractivity contribution in [2.75, 3.05) is 0 Å². The number of aromatic nitrogens is 3. The monoisotopic (exact) mass is 403 g/mol. The molecule has 2 aromatic heterocycles. The highest BCUT2D eigenvalue weighted by Gasteiger charge is 2.24. The Balaban J connectivity index is 2.25. The average molecular weight is 404 g/mol. The van der Waals surface area contributed by atoms with Crippen LogP contribution in [0.1, 0.15) is 13.3 Å². The van der Waals surface area contributed by atoms with Crippen molar-refractivity contribution in [3.05, 3.63) is 57.1 Å². The van der Waals surface area contributed by atoms with Crippen LogP contribution in [-0.4, -0.2) is 14.5 Å². The Bertz CT molecular complexity index is 1050. The van der Waals surface area contributed by atoms with Gasteiger partial charge in [-0.15, -0.1) is 0 Å². The second-order valence-corrected chi connectivity index (χ2v) is 6.68. The number of halogens is 5. The van der Waals surface area contributed by atoms with Crippen LogP contribution in [0.2, 0.25) is 5.02 Å². The van der Waals surface area contributed by atoms with E-state index in [0.29, 0.717) is 23.2 Å². The molecule has 0 saturated carbocycles. The van der Waals surface area contributed by atoms with Crippen LogP contribution < -0.4 is 5.56 Å². The van der Waals surface area contributed by atoms with E-state index in [9.17, 15) is 22.4 Å². The maximum absolute atomic E-state index is 13.9. The molecule has 10 heteroatoms. The van der Waals surface area contributed by atoms with Gasteiger partial charge in [0.1, 0.15) is 0 Å². The molecule has 2 heterocycles. The fourth-order valence-electron chi connectivity index (χ4n) is 2.32. The predicted molar refractivity (Wildman–Crippen MR) is 89.5 cm³/mol. The molecule has 136 valence electrons. The summed E-state index contributed by atoms with van der Waals surface area (Å²) in [5, 5.41) is 0.460. The third-order valence-corrected chi connectivity index (χ3v) is 4.77. The molecule has 0 aliphatic heterocycles. The van der Waals surface area contributed by atoms with E-state index in [-0.39, 0.29) is 22.6 Å². The van der Waals surface area contributed by atoms with Crippen LogP contribution >= 0.6 is 23.4 Å². The Morgan fingerprint density at radius 3 is 2.38 bits per heavy atom. The first kappa shape index (κ1) is 18.7. The molecule has 0 aliphatic rings. The molecule has 0 aliphatic carbocycles. The van der Waals surface area contributed by atoms with Crippen molar-refractivity contribution in [3.63, 3.8) is 0 Å². The van der Waals surface area contributed by atoms with Crippen LogP contribution in [-0.2, 0) is 6.54 Å². The van der Waals surface area contributed by atoms with Gasteiger partial charge in [-0.25, -0.2) is 13.8 Å². The quantitative estimate of drug-likeness (QED) is 0.364. The van der Waals surface area contributed by atoms with Crippen LogP contribution in [0.5, 0.6) is 0 Å². The van der Waals surface area contributed by atoms with Gasteiger partial charge in [-0.3, -0.25) is 9.36 Å². The van der Waals surface area contributed by atoms with Crippen molar-refractivity contribution < 1.29 is 17.6 Å². The maximum Gasteiger partial charge on any atom is 0.262 e. The highest BCUT2D eigenvalue weighted by Crippen LogP contribution is 2.33. The highest BCUT2D eigenvalue weighted by atomic mass is 35.5. The summed E-state index contributed by atoms with van der Waals surface area (Å²) in [5.74, 6) is -6.87. The van der Waals surface area contributed by atoms with Crippen molar-refractivity contribution in [1.82, 2.24) is 14.5 Å². The topological polar surface area (TPSA) is 47.8 Å². The van der Waals surface area contributed by atoms with Crippen molar-refractivity contribution in [1.29, 1.82) is 0 Å². The molecule has 0 saturated heterocycles. The first-order valence-corrected chi connectivity index (χ1v) is 8.60. The molecule has 26 heavy (non-hydrogen) atoms. The first-order chi connectivity index (χ1) is 12.3. The second kappa shape index (κ2) is 7.24. The Labute approximate surface area is 153 Å². The molecular weight excluding hydrogens is 394 g/mol. The molecule has 0 N–H and O–H groups in total. The lowest BCUT2D eigenvalue weighted by atomic mass is 10.2. The molecule has 0 atom stereocenters. The van der Waals surface area contributed by atoms with E-state index in [1.165, 1.54) is 22.8 Å². The van der Waals surface area contributed by atoms with Crippen LogP contribution in [0.4, 0.5) is 17.6 Å². The molecule has 0 unspecified atom stereocenters. The fourth-order valence-corrected chi connectivity index (χ4v) is 3.45. The summed E-state index contributed by atoms with van der Waals surface area (Å²) in [6.07, 6.45) is 0.526. The zero-order chi connectivity index (χ0) is 19.0. The average Bonchev–Trinajstić information content (AvgIpc) is 2.60. The molecule has 0 amide bonds. The third kappa shape index (κ3) is 3.28. The van der Waals surface area contributed by atoms with Crippen LogP contribution in [0, 0.1) is 23.5 Å². The minimum atomic E-state index is -1.78. The van der Waals surface area contributed by atoms with E-state index in [2.05, 4.69) is 9.97 Å². The van der Waals surface area contributed by atoms with E-state index in [0.717, 1.165) is 0 Å². The summed E-state index contributed by atoms with van der Waals surface area (Å²) < 4.78 is 55.7. The van der Waals surface area contributed by atoms with Gasteiger partial charge in [0.25, 0.3) is 17.5 Å². The summed E-state index contributed by atoms with van der Waals surface area (Å²) in [5.41, 5.74) is -0.250. The Hall–Kier alpha value is -2.13. The van der Waals surface area contributed by atoms with Gasteiger partial charge in [0, 0.05) is 11.6 Å². The summed E-state index contributed by atoms with van der Waals surface area (Å²) >= 11 is 6.20. The lowest BCUT2D eigenvalue weighted by molar-refractivity contribution is 0.383. The molecular formula is C16H10ClF4N3OS. The Kier molecular flexibility index (Phi) is 5.19. The summed E-state index contributed by atoms with van der Waals surface area (Å²) in [6, 6.07) is 4.42. The van der Waals surface area contributed by atoms with Crippen LogP contribution in [0.15, 0.2) is 33.0 Å². The van der Waals surface area contributed by atoms with Crippen molar-refractivity contribution in [2.45, 2.75) is 29.9 Å². The van der Waals surface area contributed by atoms with Crippen molar-refractivity contribution in [2.24, 2.45) is 0 Å². The summed E-state index contributed by atoms with van der Waals surface area (Å²) in [7, 11) is 0. The lowest BCUT2D eigenvalue weighted by Gasteiger charge is -2.13. The van der Waals surface area contributed by atoms with Gasteiger partial charge in [0.05, 0.1) is 15.8 Å². The van der Waals surface area contributed by atoms with Gasteiger partial charge >= 0.3 is 0 Å². The number of pyridine rings is 1. The third-order valence-electron chi connectivity index (χ3n) is 3.48. The van der Waals surface area contributed by atoms with E-state index in [1.54, 1.807) is 6.92 Å². The number of hydrogen-bond donors (Lipinski definition) is 0. The SMILES string of the molecule is CCCn1c(Sc2c(F)c(F)nc(F)c2F)nc2cc(Cl)ccc2c1=O. The number of rotatable bonds is 4. The summed E-state index contributed by atoms with van der Waals surface area (Å²) in [6.45, 7) is 1.99. The van der Waals surface area contributed by atoms with Gasteiger partial charge in [-0.2, -0.15) is 13.8 Å². The standard InChI is InChI=1S/C16H10ClF4N3OS/c1-2-5-24-15(25)8-4-3-7(17)6-9(8)22-16(24)26-12-10(18)13(20)23-14(21)11(12)19/h3-4,6H,2,5H2,1H3.